The second-order valence-corrected chi connectivity index (χ2v) is 7.43. The number of para-hydroxylation sites is 1. The molecular formula is C22H17N3O2S2. The van der Waals surface area contributed by atoms with Gasteiger partial charge in [-0.25, -0.2) is 4.98 Å². The molecule has 29 heavy (non-hydrogen) atoms. The van der Waals surface area contributed by atoms with Crippen molar-refractivity contribution in [3.8, 4) is 17.0 Å². The molecule has 2 N–H and O–H groups in total. The third kappa shape index (κ3) is 4.77. The van der Waals surface area contributed by atoms with E-state index in [1.165, 1.54) is 11.3 Å². The second-order valence-electron chi connectivity index (χ2n) is 6.17. The highest BCUT2D eigenvalue weighted by Crippen LogP contribution is 2.30. The number of ether oxygens (including phenoxy) is 1. The standard InChI is InChI=1S/C22H17N3O2S2/c26-20(13-27-16-9-2-1-3-10-16)24-21(28)25-22-23-19(14-29-22)18-12-6-8-15-7-4-5-11-17(15)18/h1-12,14H,13H2,(H2,23,24,25,26,28). The zero-order valence-electron chi connectivity index (χ0n) is 15.3. The van der Waals surface area contributed by atoms with Crippen molar-refractivity contribution in [1.82, 2.24) is 10.3 Å². The van der Waals surface area contributed by atoms with Gasteiger partial charge in [0.15, 0.2) is 16.9 Å². The van der Waals surface area contributed by atoms with Crippen molar-refractivity contribution in [2.24, 2.45) is 0 Å². The fourth-order valence-electron chi connectivity index (χ4n) is 2.86. The Morgan fingerprint density at radius 2 is 1.76 bits per heavy atom. The van der Waals surface area contributed by atoms with Crippen molar-refractivity contribution in [3.05, 3.63) is 78.2 Å². The van der Waals surface area contributed by atoms with Crippen molar-refractivity contribution in [1.29, 1.82) is 0 Å². The molecule has 0 aliphatic carbocycles. The van der Waals surface area contributed by atoms with E-state index < -0.39 is 0 Å². The number of rotatable bonds is 5. The molecule has 0 radical (unpaired) electrons. The van der Waals surface area contributed by atoms with Crippen LogP contribution >= 0.6 is 23.6 Å². The normalized spacial score (nSPS) is 10.5. The Balaban J connectivity index is 1.37. The predicted octanol–water partition coefficient (Wildman–Crippen LogP) is 4.86. The lowest BCUT2D eigenvalue weighted by molar-refractivity contribution is -0.121. The van der Waals surface area contributed by atoms with Gasteiger partial charge in [0.2, 0.25) is 0 Å². The molecule has 4 aromatic rings. The number of anilines is 1. The van der Waals surface area contributed by atoms with E-state index in [2.05, 4.69) is 33.8 Å². The highest BCUT2D eigenvalue weighted by atomic mass is 32.1. The number of carbonyl (C=O) groups excluding carboxylic acids is 1. The quantitative estimate of drug-likeness (QED) is 0.453. The largest absolute Gasteiger partial charge is 0.484 e. The van der Waals surface area contributed by atoms with Crippen LogP contribution in [0.5, 0.6) is 5.75 Å². The fourth-order valence-corrected chi connectivity index (χ4v) is 3.85. The number of aromatic nitrogens is 1. The Hall–Kier alpha value is -3.29. The minimum absolute atomic E-state index is 0.120. The third-order valence-electron chi connectivity index (χ3n) is 4.16. The minimum atomic E-state index is -0.336. The van der Waals surface area contributed by atoms with Crippen LogP contribution < -0.4 is 15.4 Å². The maximum absolute atomic E-state index is 12.0. The fraction of sp³-hybridized carbons (Fsp3) is 0.0455. The van der Waals surface area contributed by atoms with Crippen LogP contribution in [0, 0.1) is 0 Å². The SMILES string of the molecule is O=C(COc1ccccc1)NC(=S)Nc1nc(-c2cccc3ccccc23)cs1. The van der Waals surface area contributed by atoms with Gasteiger partial charge in [0.1, 0.15) is 5.75 Å². The van der Waals surface area contributed by atoms with Crippen LogP contribution in [0.4, 0.5) is 5.13 Å². The molecule has 5 nitrogen and oxygen atoms in total. The van der Waals surface area contributed by atoms with E-state index in [1.54, 1.807) is 12.1 Å². The average Bonchev–Trinajstić information content (AvgIpc) is 3.20. The molecule has 0 fully saturated rings. The number of nitrogens with one attached hydrogen (secondary N) is 2. The molecule has 3 aromatic carbocycles. The molecule has 0 aliphatic heterocycles. The number of thiocarbonyl (C=S) groups is 1. The number of fused-ring (bicyclic) bond motifs is 1. The van der Waals surface area contributed by atoms with Crippen molar-refractivity contribution in [2.45, 2.75) is 0 Å². The molecule has 0 atom stereocenters. The van der Waals surface area contributed by atoms with Gasteiger partial charge in [-0.05, 0) is 35.1 Å². The first-order chi connectivity index (χ1) is 14.2. The first-order valence-corrected chi connectivity index (χ1v) is 10.2. The zero-order valence-corrected chi connectivity index (χ0v) is 16.9. The van der Waals surface area contributed by atoms with Gasteiger partial charge >= 0.3 is 0 Å². The van der Waals surface area contributed by atoms with E-state index in [9.17, 15) is 4.79 Å². The van der Waals surface area contributed by atoms with Crippen LogP contribution in [0.25, 0.3) is 22.0 Å². The molecule has 0 saturated carbocycles. The van der Waals surface area contributed by atoms with E-state index in [1.807, 2.05) is 47.8 Å². The van der Waals surface area contributed by atoms with Crippen LogP contribution in [0.15, 0.2) is 78.2 Å². The Bertz CT molecular complexity index is 1150. The number of hydrogen-bond acceptors (Lipinski definition) is 5. The summed E-state index contributed by atoms with van der Waals surface area (Å²) >= 11 is 6.64. The van der Waals surface area contributed by atoms with E-state index in [-0.39, 0.29) is 17.6 Å². The lowest BCUT2D eigenvalue weighted by Gasteiger charge is -2.08. The second kappa shape index (κ2) is 8.81. The van der Waals surface area contributed by atoms with Gasteiger partial charge in [0.05, 0.1) is 5.69 Å². The van der Waals surface area contributed by atoms with Gasteiger partial charge in [-0.3, -0.25) is 10.1 Å². The van der Waals surface area contributed by atoms with Crippen LogP contribution in [0.3, 0.4) is 0 Å². The molecule has 1 aromatic heterocycles. The summed E-state index contributed by atoms with van der Waals surface area (Å²) in [4.78, 5) is 16.6. The van der Waals surface area contributed by atoms with E-state index in [4.69, 9.17) is 17.0 Å². The number of hydrogen-bond donors (Lipinski definition) is 2. The molecule has 7 heteroatoms. The summed E-state index contributed by atoms with van der Waals surface area (Å²) in [6, 6.07) is 23.5. The Labute approximate surface area is 177 Å². The van der Waals surface area contributed by atoms with Gasteiger partial charge in [-0.1, -0.05) is 60.7 Å². The Morgan fingerprint density at radius 3 is 2.62 bits per heavy atom. The van der Waals surface area contributed by atoms with E-state index in [0.29, 0.717) is 10.9 Å². The lowest BCUT2D eigenvalue weighted by atomic mass is 10.0. The number of benzene rings is 3. The predicted molar refractivity (Wildman–Crippen MR) is 121 cm³/mol. The van der Waals surface area contributed by atoms with Gasteiger partial charge in [-0.2, -0.15) is 0 Å². The van der Waals surface area contributed by atoms with Crippen molar-refractivity contribution < 1.29 is 9.53 Å². The highest BCUT2D eigenvalue weighted by Gasteiger charge is 2.11. The maximum atomic E-state index is 12.0. The number of nitrogens with zero attached hydrogens (tertiary/aromatic N) is 1. The summed E-state index contributed by atoms with van der Waals surface area (Å²) in [6.07, 6.45) is 0. The molecule has 0 spiro atoms. The summed E-state index contributed by atoms with van der Waals surface area (Å²) < 4.78 is 5.41. The van der Waals surface area contributed by atoms with Crippen LogP contribution in [0.2, 0.25) is 0 Å². The molecule has 0 bridgehead atoms. The zero-order chi connectivity index (χ0) is 20.1. The molecular weight excluding hydrogens is 402 g/mol. The van der Waals surface area contributed by atoms with Gasteiger partial charge in [0.25, 0.3) is 5.91 Å². The molecule has 1 amide bonds. The first-order valence-electron chi connectivity index (χ1n) is 8.91. The summed E-state index contributed by atoms with van der Waals surface area (Å²) in [7, 11) is 0. The van der Waals surface area contributed by atoms with E-state index >= 15 is 0 Å². The third-order valence-corrected chi connectivity index (χ3v) is 5.12. The summed E-state index contributed by atoms with van der Waals surface area (Å²) in [5, 5.41) is 10.6. The van der Waals surface area contributed by atoms with Crippen LogP contribution in [-0.4, -0.2) is 22.6 Å². The summed E-state index contributed by atoms with van der Waals surface area (Å²) in [6.45, 7) is -0.120. The number of thiazole rings is 1. The highest BCUT2D eigenvalue weighted by molar-refractivity contribution is 7.80. The topological polar surface area (TPSA) is 63.2 Å². The summed E-state index contributed by atoms with van der Waals surface area (Å²) in [5.41, 5.74) is 1.91. The number of amides is 1. The molecule has 4 rings (SSSR count). The lowest BCUT2D eigenvalue weighted by Crippen LogP contribution is -2.37. The van der Waals surface area contributed by atoms with Gasteiger partial charge < -0.3 is 10.1 Å². The van der Waals surface area contributed by atoms with Crippen LogP contribution in [-0.2, 0) is 4.79 Å². The maximum Gasteiger partial charge on any atom is 0.264 e. The molecule has 0 unspecified atom stereocenters. The van der Waals surface area contributed by atoms with Gasteiger partial charge in [0, 0.05) is 10.9 Å². The molecule has 0 saturated heterocycles. The minimum Gasteiger partial charge on any atom is -0.484 e. The van der Waals surface area contributed by atoms with Crippen LogP contribution in [0.1, 0.15) is 0 Å². The van der Waals surface area contributed by atoms with Gasteiger partial charge in [-0.15, -0.1) is 11.3 Å². The van der Waals surface area contributed by atoms with Crippen molar-refractivity contribution in [2.75, 3.05) is 11.9 Å². The average molecular weight is 420 g/mol. The smallest absolute Gasteiger partial charge is 0.264 e. The molecule has 144 valence electrons. The Kier molecular flexibility index (Phi) is 5.79. The van der Waals surface area contributed by atoms with Crippen molar-refractivity contribution >= 4 is 50.5 Å². The van der Waals surface area contributed by atoms with E-state index in [0.717, 1.165) is 22.0 Å². The number of carbonyl (C=O) groups is 1. The Morgan fingerprint density at radius 1 is 1.00 bits per heavy atom. The summed E-state index contributed by atoms with van der Waals surface area (Å²) in [5.74, 6) is 0.290. The molecule has 1 heterocycles. The monoisotopic (exact) mass is 419 g/mol. The molecule has 0 aliphatic rings. The first kappa shape index (κ1) is 19.0. The van der Waals surface area contributed by atoms with Crippen molar-refractivity contribution in [3.63, 3.8) is 0 Å².